The first-order valence-electron chi connectivity index (χ1n) is 10.4. The lowest BCUT2D eigenvalue weighted by Gasteiger charge is -2.18. The van der Waals surface area contributed by atoms with E-state index >= 15 is 0 Å². The molecular formula is C21H24ClN9O2S. The fourth-order valence-corrected chi connectivity index (χ4v) is 3.92. The van der Waals surface area contributed by atoms with Crippen molar-refractivity contribution in [2.45, 2.75) is 26.4 Å². The third-order valence-electron chi connectivity index (χ3n) is 5.09. The van der Waals surface area contributed by atoms with Crippen molar-refractivity contribution in [1.82, 2.24) is 25.3 Å². The second-order valence-corrected chi connectivity index (χ2v) is 9.32. The molecule has 13 heteroatoms. The Kier molecular flexibility index (Phi) is 8.17. The molecule has 34 heavy (non-hydrogen) atoms. The maximum Gasteiger partial charge on any atom is 0.233 e. The molecule has 0 aliphatic carbocycles. The molecule has 1 aliphatic rings. The number of hydrogen-bond donors (Lipinski definition) is 4. The van der Waals surface area contributed by atoms with E-state index in [1.54, 1.807) is 0 Å². The van der Waals surface area contributed by atoms with Crippen molar-refractivity contribution in [3.05, 3.63) is 59.2 Å². The van der Waals surface area contributed by atoms with Gasteiger partial charge in [0.15, 0.2) is 5.82 Å². The normalized spacial score (nSPS) is 12.6. The zero-order valence-corrected chi connectivity index (χ0v) is 20.0. The molecule has 0 atom stereocenters. The molecule has 11 nitrogen and oxygen atoms in total. The van der Waals surface area contributed by atoms with Gasteiger partial charge in [0.25, 0.3) is 0 Å². The van der Waals surface area contributed by atoms with Gasteiger partial charge in [-0.25, -0.2) is 18.4 Å². The quantitative estimate of drug-likeness (QED) is 0.361. The minimum Gasteiger partial charge on any atom is -0.363 e. The molecule has 3 heterocycles. The standard InChI is InChI=1S/C21H23N9O2S.ClH/c1-2-33(31,32)30-20-18(24-7-8-25-20)13-26-19-16(10-22)12-27-21(29-19)28-17-4-3-15-11-23-6-5-14(15)9-17;/h3-4,7-9,12,23H,2,5-6,11,13H2,1H3,(H,25,30)(H2,26,27,28,29);1H. The minimum absolute atomic E-state index is 0. The average molecular weight is 502 g/mol. The van der Waals surface area contributed by atoms with Crippen LogP contribution in [0.1, 0.15) is 29.3 Å². The third-order valence-corrected chi connectivity index (χ3v) is 6.35. The summed E-state index contributed by atoms with van der Waals surface area (Å²) < 4.78 is 26.3. The van der Waals surface area contributed by atoms with E-state index in [1.165, 1.54) is 36.6 Å². The van der Waals surface area contributed by atoms with Gasteiger partial charge in [0, 0.05) is 24.6 Å². The molecule has 1 aromatic carbocycles. The lowest BCUT2D eigenvalue weighted by molar-refractivity contribution is 0.602. The highest BCUT2D eigenvalue weighted by atomic mass is 35.5. The molecule has 4 rings (SSSR count). The molecule has 1 aliphatic heterocycles. The zero-order chi connectivity index (χ0) is 23.3. The summed E-state index contributed by atoms with van der Waals surface area (Å²) in [7, 11) is -3.51. The number of rotatable bonds is 8. The fraction of sp³-hybridized carbons (Fsp3) is 0.286. The molecular weight excluding hydrogens is 478 g/mol. The highest BCUT2D eigenvalue weighted by molar-refractivity contribution is 7.92. The van der Waals surface area contributed by atoms with Gasteiger partial charge in [-0.1, -0.05) is 6.07 Å². The summed E-state index contributed by atoms with van der Waals surface area (Å²) in [6, 6.07) is 8.17. The molecule has 0 unspecified atom stereocenters. The van der Waals surface area contributed by atoms with Gasteiger partial charge in [0.05, 0.1) is 18.5 Å². The van der Waals surface area contributed by atoms with Crippen molar-refractivity contribution in [1.29, 1.82) is 5.26 Å². The van der Waals surface area contributed by atoms with E-state index in [0.29, 0.717) is 17.5 Å². The van der Waals surface area contributed by atoms with Crippen LogP contribution in [-0.2, 0) is 29.5 Å². The first-order chi connectivity index (χ1) is 16.0. The Morgan fingerprint density at radius 3 is 2.76 bits per heavy atom. The van der Waals surface area contributed by atoms with E-state index in [0.717, 1.165) is 25.2 Å². The number of anilines is 4. The average Bonchev–Trinajstić information content (AvgIpc) is 2.83. The molecule has 0 saturated heterocycles. The van der Waals surface area contributed by atoms with Crippen LogP contribution >= 0.6 is 12.4 Å². The van der Waals surface area contributed by atoms with Crippen LogP contribution < -0.4 is 20.7 Å². The van der Waals surface area contributed by atoms with Crippen molar-refractivity contribution in [3.8, 4) is 6.07 Å². The summed E-state index contributed by atoms with van der Waals surface area (Å²) in [6.45, 7) is 3.43. The fourth-order valence-electron chi connectivity index (χ4n) is 3.31. The van der Waals surface area contributed by atoms with Gasteiger partial charge in [-0.05, 0) is 43.1 Å². The van der Waals surface area contributed by atoms with Crippen molar-refractivity contribution in [3.63, 3.8) is 0 Å². The Morgan fingerprint density at radius 1 is 1.15 bits per heavy atom. The number of hydrogen-bond acceptors (Lipinski definition) is 10. The summed E-state index contributed by atoms with van der Waals surface area (Å²) in [4.78, 5) is 16.9. The lowest BCUT2D eigenvalue weighted by atomic mass is 10.0. The molecule has 0 saturated carbocycles. The topological polar surface area (TPSA) is 158 Å². The largest absolute Gasteiger partial charge is 0.363 e. The van der Waals surface area contributed by atoms with Crippen LogP contribution in [0.3, 0.4) is 0 Å². The number of benzene rings is 1. The molecule has 2 aromatic heterocycles. The summed E-state index contributed by atoms with van der Waals surface area (Å²) in [6.07, 6.45) is 5.25. The number of sulfonamides is 1. The van der Waals surface area contributed by atoms with Gasteiger partial charge in [-0.3, -0.25) is 9.71 Å². The van der Waals surface area contributed by atoms with E-state index in [4.69, 9.17) is 0 Å². The Balaban J connectivity index is 0.00000324. The van der Waals surface area contributed by atoms with Crippen LogP contribution in [0.25, 0.3) is 0 Å². The van der Waals surface area contributed by atoms with E-state index < -0.39 is 10.0 Å². The van der Waals surface area contributed by atoms with Crippen LogP contribution in [0.2, 0.25) is 0 Å². The second-order valence-electron chi connectivity index (χ2n) is 7.31. The first-order valence-corrected chi connectivity index (χ1v) is 12.0. The van der Waals surface area contributed by atoms with Crippen LogP contribution in [0, 0.1) is 11.3 Å². The Hall–Kier alpha value is -3.53. The van der Waals surface area contributed by atoms with Crippen molar-refractivity contribution in [2.24, 2.45) is 0 Å². The number of aromatic nitrogens is 4. The van der Waals surface area contributed by atoms with Gasteiger partial charge in [0.2, 0.25) is 16.0 Å². The summed E-state index contributed by atoms with van der Waals surface area (Å²) in [5.74, 6) is 0.666. The molecule has 0 radical (unpaired) electrons. The van der Waals surface area contributed by atoms with Gasteiger partial charge >= 0.3 is 0 Å². The second kappa shape index (κ2) is 11.1. The van der Waals surface area contributed by atoms with Crippen LogP contribution in [0.15, 0.2) is 36.8 Å². The van der Waals surface area contributed by atoms with Crippen molar-refractivity contribution < 1.29 is 8.42 Å². The van der Waals surface area contributed by atoms with Gasteiger partial charge in [0.1, 0.15) is 23.1 Å². The predicted octanol–water partition coefficient (Wildman–Crippen LogP) is 2.32. The van der Waals surface area contributed by atoms with E-state index in [1.807, 2.05) is 6.07 Å². The molecule has 0 fully saturated rings. The van der Waals surface area contributed by atoms with Crippen LogP contribution in [0.5, 0.6) is 0 Å². The van der Waals surface area contributed by atoms with Crippen molar-refractivity contribution >= 4 is 45.7 Å². The number of fused-ring (bicyclic) bond motifs is 1. The maximum absolute atomic E-state index is 11.9. The molecule has 4 N–H and O–H groups in total. The Labute approximate surface area is 203 Å². The Morgan fingerprint density at radius 2 is 1.97 bits per heavy atom. The monoisotopic (exact) mass is 501 g/mol. The zero-order valence-electron chi connectivity index (χ0n) is 18.4. The number of nitrogens with one attached hydrogen (secondary N) is 4. The molecule has 0 amide bonds. The van der Waals surface area contributed by atoms with Gasteiger partial charge in [-0.15, -0.1) is 12.4 Å². The molecule has 3 aromatic rings. The number of nitriles is 1. The Bertz CT molecular complexity index is 1310. The van der Waals surface area contributed by atoms with Gasteiger partial charge < -0.3 is 16.0 Å². The minimum atomic E-state index is -3.51. The van der Waals surface area contributed by atoms with E-state index in [9.17, 15) is 13.7 Å². The third kappa shape index (κ3) is 6.07. The van der Waals surface area contributed by atoms with E-state index in [-0.39, 0.29) is 36.1 Å². The van der Waals surface area contributed by atoms with Crippen LogP contribution in [-0.4, -0.2) is 40.7 Å². The molecule has 0 bridgehead atoms. The first kappa shape index (κ1) is 25.1. The number of halogens is 1. The lowest BCUT2D eigenvalue weighted by Crippen LogP contribution is -2.23. The van der Waals surface area contributed by atoms with Crippen molar-refractivity contribution in [2.75, 3.05) is 27.7 Å². The summed E-state index contributed by atoms with van der Waals surface area (Å²) in [5.41, 5.74) is 4.02. The van der Waals surface area contributed by atoms with Crippen LogP contribution in [0.4, 0.5) is 23.3 Å². The summed E-state index contributed by atoms with van der Waals surface area (Å²) >= 11 is 0. The molecule has 178 valence electrons. The number of nitrogens with zero attached hydrogens (tertiary/aromatic N) is 5. The SMILES string of the molecule is CCS(=O)(=O)Nc1nccnc1CNc1nc(Nc2ccc3c(c2)CCNC3)ncc1C#N.Cl. The smallest absolute Gasteiger partial charge is 0.233 e. The highest BCUT2D eigenvalue weighted by Gasteiger charge is 2.15. The van der Waals surface area contributed by atoms with E-state index in [2.05, 4.69) is 58.8 Å². The highest BCUT2D eigenvalue weighted by Crippen LogP contribution is 2.22. The summed E-state index contributed by atoms with van der Waals surface area (Å²) in [5, 5.41) is 19.0. The predicted molar refractivity (Wildman–Crippen MR) is 132 cm³/mol. The molecule has 0 spiro atoms. The maximum atomic E-state index is 11.9. The van der Waals surface area contributed by atoms with Gasteiger partial charge in [-0.2, -0.15) is 10.2 Å².